The van der Waals surface area contributed by atoms with Crippen LogP contribution in [0.25, 0.3) is 0 Å². The second kappa shape index (κ2) is 38.2. The lowest BCUT2D eigenvalue weighted by atomic mass is 9.82. The van der Waals surface area contributed by atoms with Gasteiger partial charge in [0.2, 0.25) is 0 Å². The molecule has 0 aromatic carbocycles. The predicted octanol–water partition coefficient (Wildman–Crippen LogP) is 9.54. The Bertz CT molecular complexity index is 4680. The minimum Gasteiger partial charge on any atom is -0.462 e. The van der Waals surface area contributed by atoms with E-state index in [0.717, 1.165) is 0 Å². The molecule has 26 unspecified atom stereocenters. The van der Waals surface area contributed by atoms with E-state index < -0.39 is 206 Å². The number of fused-ring (bicyclic) bond motifs is 5. The summed E-state index contributed by atoms with van der Waals surface area (Å²) in [5.41, 5.74) is -4.84. The number of rotatable bonds is 30. The van der Waals surface area contributed by atoms with Gasteiger partial charge in [-0.15, -0.1) is 0 Å². The summed E-state index contributed by atoms with van der Waals surface area (Å²) in [6.07, 6.45) is -1.75. The van der Waals surface area contributed by atoms with Gasteiger partial charge in [-0.2, -0.15) is 42.1 Å². The molecule has 10 saturated carbocycles. The first-order chi connectivity index (χ1) is 59.8. The number of carbonyl (C=O) groups is 10. The number of hydrogen-bond acceptors (Lipinski definition) is 40. The van der Waals surface area contributed by atoms with Gasteiger partial charge in [-0.05, 0) is 172 Å². The van der Waals surface area contributed by atoms with Crippen LogP contribution in [0.3, 0.4) is 0 Å². The Kier molecular flexibility index (Phi) is 30.4. The normalized spacial score (nSPS) is 36.4. The zero-order valence-corrected chi connectivity index (χ0v) is 80.7. The molecule has 15 rings (SSSR count). The molecule has 5 aliphatic heterocycles. The van der Waals surface area contributed by atoms with Crippen molar-refractivity contribution in [1.82, 2.24) is 0 Å². The molecule has 15 aliphatic rings. The number of carbonyl (C=O) groups excluding carboxylic acids is 10. The lowest BCUT2D eigenvalue weighted by molar-refractivity contribution is -0.156. The Balaban J connectivity index is 0.000000156. The van der Waals surface area contributed by atoms with Crippen LogP contribution in [0.4, 0.5) is 24.0 Å². The van der Waals surface area contributed by atoms with Gasteiger partial charge < -0.3 is 71.1 Å². The number of ether oxygens (including phenoxy) is 15. The third-order valence-electron chi connectivity index (χ3n) is 30.1. The van der Waals surface area contributed by atoms with E-state index >= 15 is 0 Å². The summed E-state index contributed by atoms with van der Waals surface area (Å²) in [5.74, 6) is -2.48. The molecule has 26 atom stereocenters. The van der Waals surface area contributed by atoms with Crippen LogP contribution in [-0.4, -0.2) is 256 Å². The third kappa shape index (κ3) is 21.0. The fourth-order valence-electron chi connectivity index (χ4n) is 20.7. The van der Waals surface area contributed by atoms with E-state index in [4.69, 9.17) is 92.0 Å². The second-order valence-electron chi connectivity index (χ2n) is 40.3. The molecule has 10 aliphatic carbocycles. The van der Waals surface area contributed by atoms with Crippen LogP contribution in [0.2, 0.25) is 0 Å². The maximum Gasteiger partial charge on any atom is 0.508 e. The molecule has 15 fully saturated rings. The van der Waals surface area contributed by atoms with Crippen LogP contribution in [0.1, 0.15) is 221 Å². The van der Waals surface area contributed by atoms with Crippen LogP contribution >= 0.6 is 0 Å². The van der Waals surface area contributed by atoms with Crippen molar-refractivity contribution >= 4 is 111 Å². The molecular weight excluding hydrogens is 1810 g/mol. The largest absolute Gasteiger partial charge is 0.508 e. The highest BCUT2D eigenvalue weighted by Gasteiger charge is 2.75. The van der Waals surface area contributed by atoms with Crippen LogP contribution in [0, 0.1) is 91.2 Å². The standard InChI is InChI=1S/4C17H26O8S.C16H24O8S/c1-5-16(2,3)14(18)22-6-7-23-15(19)24-13-12-10-8-17(13,4)9-11(10)26(20,21)25-12;1-5-16(2,3)14(18)22-6-7-23-15(19)24-12-10-8-11-17(4,9-10)13(12)25-26(11,20)21;1-5-16(2,3)14(18)22-6-7-23-15(19)24-13-10-8-11-12(9-10)26(20,21)25-17(11,13)4;1-5-17(3,4)15(18)22-6-7-23-16(19)24-12-10-8-11-13(12)25-26(20,21)14(11)9(10)2;1-4-16(2,3)14(17)21-5-6-22-15(18)23-12-9-7-10-11(8-9)25(19,20)24-13(10)12/h3*10-13H,5-9H2,1-4H3;9-14H,5-8H2,1-4H3;9-13H,4-8H2,1-3H3. The SMILES string of the molecule is CCC(C)(C)C(=O)OCCOC(=O)OC1C2CC3C(C)(C2)C1OS3(=O)=O.CCC(C)(C)C(=O)OCCOC(=O)OC1C2CC3C(C2)S(=O)(=O)OC31C.CCC(C)(C)C(=O)OCCOC(=O)OC1C2CC3C1OS(=O)(=O)C3C2.CCC(C)(C)C(=O)OCCOC(=O)OC1C2CC3C1OS(=O)(=O)C3C2C.CCC(C)(C)C(=O)OCCOC(=O)OC1C2OS(=O)(=O)C3CC1(C)CC23. The lowest BCUT2D eigenvalue weighted by Gasteiger charge is -2.33. The Hall–Kier alpha value is -6.75. The molecule has 129 heavy (non-hydrogen) atoms. The van der Waals surface area contributed by atoms with Crippen molar-refractivity contribution in [2.75, 3.05) is 66.1 Å². The highest BCUT2D eigenvalue weighted by Crippen LogP contribution is 2.66. The maximum atomic E-state index is 12.1. The molecule has 0 amide bonds. The molecule has 10 bridgehead atoms. The quantitative estimate of drug-likeness (QED) is 0.0279. The summed E-state index contributed by atoms with van der Waals surface area (Å²) in [6, 6.07) is 0. The Labute approximate surface area is 754 Å². The maximum absolute atomic E-state index is 12.1. The van der Waals surface area contributed by atoms with Gasteiger partial charge in [0.15, 0.2) is 0 Å². The van der Waals surface area contributed by atoms with Gasteiger partial charge in [0.1, 0.15) is 127 Å². The van der Waals surface area contributed by atoms with Crippen molar-refractivity contribution in [1.29, 1.82) is 0 Å². The van der Waals surface area contributed by atoms with Crippen molar-refractivity contribution in [2.45, 2.75) is 308 Å². The molecule has 45 heteroatoms. The molecule has 0 radical (unpaired) electrons. The minimum atomic E-state index is -3.60. The first-order valence-corrected chi connectivity index (χ1v) is 51.8. The van der Waals surface area contributed by atoms with Gasteiger partial charge >= 0.3 is 60.6 Å². The highest BCUT2D eigenvalue weighted by atomic mass is 32.2. The predicted molar refractivity (Wildman–Crippen MR) is 444 cm³/mol. The van der Waals surface area contributed by atoms with Gasteiger partial charge in [0.05, 0.1) is 53.3 Å². The third-order valence-corrected chi connectivity index (χ3v) is 39.3. The smallest absolute Gasteiger partial charge is 0.462 e. The zero-order chi connectivity index (χ0) is 95.7. The van der Waals surface area contributed by atoms with Crippen LogP contribution in [-0.2, 0) is 167 Å². The summed E-state index contributed by atoms with van der Waals surface area (Å²) in [4.78, 5) is 119. The first-order valence-electron chi connectivity index (χ1n) is 44.4. The van der Waals surface area contributed by atoms with E-state index in [1.807, 2.05) is 55.4 Å². The minimum absolute atomic E-state index is 0.00648. The van der Waals surface area contributed by atoms with Crippen LogP contribution in [0.5, 0.6) is 0 Å². The van der Waals surface area contributed by atoms with Crippen molar-refractivity contribution in [3.63, 3.8) is 0 Å². The van der Waals surface area contributed by atoms with E-state index in [0.29, 0.717) is 89.9 Å². The summed E-state index contributed by atoms with van der Waals surface area (Å²) in [6.45, 7) is 33.7. The zero-order valence-electron chi connectivity index (χ0n) is 76.6. The van der Waals surface area contributed by atoms with Gasteiger partial charge in [-0.1, -0.05) is 55.4 Å². The van der Waals surface area contributed by atoms with E-state index in [2.05, 4.69) is 0 Å². The Morgan fingerprint density at radius 3 is 1.16 bits per heavy atom. The Morgan fingerprint density at radius 1 is 0.333 bits per heavy atom. The summed E-state index contributed by atoms with van der Waals surface area (Å²) in [5, 5.41) is -2.44. The molecule has 0 aromatic rings. The fraction of sp³-hybridized carbons (Fsp3) is 0.881. The molecule has 0 aromatic heterocycles. The van der Waals surface area contributed by atoms with Crippen LogP contribution in [0.15, 0.2) is 0 Å². The van der Waals surface area contributed by atoms with Crippen molar-refractivity contribution < 1.29 is 182 Å². The van der Waals surface area contributed by atoms with E-state index in [9.17, 15) is 90.0 Å². The first kappa shape index (κ1) is 103. The van der Waals surface area contributed by atoms with Gasteiger partial charge in [0.25, 0.3) is 50.6 Å². The van der Waals surface area contributed by atoms with E-state index in [1.54, 1.807) is 76.2 Å². The lowest BCUT2D eigenvalue weighted by Crippen LogP contribution is -2.47. The molecule has 0 spiro atoms. The molecule has 734 valence electrons. The molecule has 40 nitrogen and oxygen atoms in total. The van der Waals surface area contributed by atoms with E-state index in [1.165, 1.54) is 0 Å². The number of esters is 5. The monoisotopic (exact) mass is 1940 g/mol. The highest BCUT2D eigenvalue weighted by molar-refractivity contribution is 7.88. The van der Waals surface area contributed by atoms with Crippen molar-refractivity contribution in [2.24, 2.45) is 91.2 Å². The van der Waals surface area contributed by atoms with Crippen molar-refractivity contribution in [3.05, 3.63) is 0 Å². The fourth-order valence-corrected chi connectivity index (χ4v) is 30.9. The summed E-state index contributed by atoms with van der Waals surface area (Å²) >= 11 is 0. The average molecular weight is 1940 g/mol. The molecule has 5 saturated heterocycles. The molecule has 0 N–H and O–H groups in total. The topological polar surface area (TPSA) is 526 Å². The Morgan fingerprint density at radius 2 is 0.713 bits per heavy atom. The van der Waals surface area contributed by atoms with Gasteiger partial charge in [0, 0.05) is 58.2 Å². The molecule has 5 heterocycles. The number of hydrogen-bond donors (Lipinski definition) is 0. The second-order valence-corrected chi connectivity index (χ2v) is 49.1. The van der Waals surface area contributed by atoms with E-state index in [-0.39, 0.29) is 149 Å². The van der Waals surface area contributed by atoms with Gasteiger partial charge in [-0.3, -0.25) is 44.9 Å². The molecular formula is C84H128O40S5. The summed E-state index contributed by atoms with van der Waals surface area (Å²) < 4.78 is 223. The summed E-state index contributed by atoms with van der Waals surface area (Å²) in [7, 11) is -17.9. The average Bonchev–Trinajstić information content (AvgIpc) is 1.53. The van der Waals surface area contributed by atoms with Gasteiger partial charge in [-0.25, -0.2) is 24.0 Å². The van der Waals surface area contributed by atoms with Crippen molar-refractivity contribution in [3.8, 4) is 0 Å². The van der Waals surface area contributed by atoms with Crippen LogP contribution < -0.4 is 0 Å².